The summed E-state index contributed by atoms with van der Waals surface area (Å²) in [7, 11) is 8.75. The third-order valence-corrected chi connectivity index (χ3v) is 15.1. The Bertz CT molecular complexity index is 3830. The maximum absolute atomic E-state index is 5.78. The standard InChI is InChI=1S/C65H50N8/c1-67-47-31-13-19-37-53(47)71(54-38-20-14-32-48(54)67)62-60(44-27-9-6-10-28-44)59(43-25-7-5-8-26-43)61(65-66-45-29-11-12-30-46(45)70(65)4)63(72-55-39-21-15-33-49(55)68(2)50-34-16-22-40-56(50)72)64(62)73-57-41-23-17-35-51(57)69(3)52-36-18-24-42-58(52)73/h5-42H,1-4H3. The van der Waals surface area contributed by atoms with E-state index < -0.39 is 0 Å². The highest BCUT2D eigenvalue weighted by Crippen LogP contribution is 2.68. The highest BCUT2D eigenvalue weighted by Gasteiger charge is 2.43. The Labute approximate surface area is 425 Å². The van der Waals surface area contributed by atoms with Gasteiger partial charge < -0.3 is 34.0 Å². The summed E-state index contributed by atoms with van der Waals surface area (Å²) >= 11 is 0. The molecule has 0 radical (unpaired) electrons. The van der Waals surface area contributed by atoms with Gasteiger partial charge in [-0.2, -0.15) is 0 Å². The summed E-state index contributed by atoms with van der Waals surface area (Å²) in [5.74, 6) is 0.851. The van der Waals surface area contributed by atoms with E-state index in [9.17, 15) is 0 Å². The van der Waals surface area contributed by atoms with Gasteiger partial charge in [0.1, 0.15) is 5.82 Å². The van der Waals surface area contributed by atoms with Crippen LogP contribution >= 0.6 is 0 Å². The average molecular weight is 943 g/mol. The first-order chi connectivity index (χ1) is 36.0. The number of hydrogen-bond donors (Lipinski definition) is 0. The van der Waals surface area contributed by atoms with E-state index in [-0.39, 0.29) is 0 Å². The van der Waals surface area contributed by atoms with E-state index in [1.54, 1.807) is 0 Å². The van der Waals surface area contributed by atoms with Gasteiger partial charge in [-0.1, -0.05) is 146 Å². The molecule has 0 N–H and O–H groups in total. The van der Waals surface area contributed by atoms with Gasteiger partial charge in [-0.3, -0.25) is 0 Å². The van der Waals surface area contributed by atoms with Crippen molar-refractivity contribution in [1.29, 1.82) is 0 Å². The zero-order chi connectivity index (χ0) is 48.9. The van der Waals surface area contributed by atoms with Crippen LogP contribution in [-0.4, -0.2) is 30.7 Å². The van der Waals surface area contributed by atoms with Gasteiger partial charge in [-0.15, -0.1) is 0 Å². The topological polar surface area (TPSA) is 37.3 Å². The lowest BCUT2D eigenvalue weighted by Crippen LogP contribution is -2.31. The number of benzene rings is 10. The molecule has 8 nitrogen and oxygen atoms in total. The van der Waals surface area contributed by atoms with E-state index in [1.807, 2.05) is 0 Å². The van der Waals surface area contributed by atoms with Crippen molar-refractivity contribution in [3.05, 3.63) is 231 Å². The van der Waals surface area contributed by atoms with Gasteiger partial charge in [0.2, 0.25) is 0 Å². The minimum atomic E-state index is 0.851. The van der Waals surface area contributed by atoms with E-state index in [0.29, 0.717) is 0 Å². The summed E-state index contributed by atoms with van der Waals surface area (Å²) in [5.41, 5.74) is 23.2. The minimum absolute atomic E-state index is 0.851. The van der Waals surface area contributed by atoms with Crippen molar-refractivity contribution in [2.45, 2.75) is 0 Å². The largest absolute Gasteiger partial charge is 0.341 e. The van der Waals surface area contributed by atoms with Crippen LogP contribution in [0.2, 0.25) is 0 Å². The predicted molar refractivity (Wildman–Crippen MR) is 305 cm³/mol. The number of para-hydroxylation sites is 14. The molecule has 3 aliphatic heterocycles. The number of rotatable bonds is 6. The molecule has 3 aliphatic rings. The highest BCUT2D eigenvalue weighted by molar-refractivity contribution is 6.21. The Balaban J connectivity index is 1.32. The summed E-state index contributed by atoms with van der Waals surface area (Å²) in [5, 5.41) is 0. The first-order valence-corrected chi connectivity index (χ1v) is 24.9. The summed E-state index contributed by atoms with van der Waals surface area (Å²) in [6.07, 6.45) is 0. The van der Waals surface area contributed by atoms with Crippen molar-refractivity contribution in [3.8, 4) is 33.6 Å². The van der Waals surface area contributed by atoms with Crippen molar-refractivity contribution < 1.29 is 0 Å². The Hall–Kier alpha value is -9.53. The molecular formula is C65H50N8. The summed E-state index contributed by atoms with van der Waals surface area (Å²) in [6, 6.07) is 83.8. The number of aromatic nitrogens is 2. The summed E-state index contributed by atoms with van der Waals surface area (Å²) < 4.78 is 2.30. The molecule has 0 saturated carbocycles. The molecule has 0 aliphatic carbocycles. The molecule has 10 aromatic carbocycles. The Morgan fingerprint density at radius 3 is 0.918 bits per heavy atom. The predicted octanol–water partition coefficient (Wildman–Crippen LogP) is 17.2. The van der Waals surface area contributed by atoms with Crippen molar-refractivity contribution in [2.24, 2.45) is 7.05 Å². The molecule has 0 atom stereocenters. The molecule has 0 bridgehead atoms. The molecule has 14 rings (SSSR count). The van der Waals surface area contributed by atoms with Gasteiger partial charge in [0.05, 0.1) is 102 Å². The summed E-state index contributed by atoms with van der Waals surface area (Å²) in [6.45, 7) is 0. The second kappa shape index (κ2) is 16.5. The van der Waals surface area contributed by atoms with Gasteiger partial charge in [-0.25, -0.2) is 4.98 Å². The molecule has 350 valence electrons. The second-order valence-electron chi connectivity index (χ2n) is 19.0. The lowest BCUT2D eigenvalue weighted by atomic mass is 9.83. The Kier molecular flexibility index (Phi) is 9.60. The van der Waals surface area contributed by atoms with Gasteiger partial charge in [0, 0.05) is 39.3 Å². The van der Waals surface area contributed by atoms with Crippen LogP contribution in [0, 0.1) is 0 Å². The Morgan fingerprint density at radius 1 is 0.260 bits per heavy atom. The van der Waals surface area contributed by atoms with E-state index >= 15 is 0 Å². The fraction of sp³-hybridized carbons (Fsp3) is 0.0615. The molecule has 0 fully saturated rings. The molecule has 0 spiro atoms. The van der Waals surface area contributed by atoms with Gasteiger partial charge in [0.15, 0.2) is 0 Å². The van der Waals surface area contributed by atoms with Crippen LogP contribution < -0.4 is 29.4 Å². The van der Waals surface area contributed by atoms with Crippen LogP contribution in [0.1, 0.15) is 0 Å². The second-order valence-corrected chi connectivity index (χ2v) is 19.0. The van der Waals surface area contributed by atoms with E-state index in [4.69, 9.17) is 4.98 Å². The Morgan fingerprint density at radius 2 is 0.548 bits per heavy atom. The third-order valence-electron chi connectivity index (χ3n) is 15.1. The SMILES string of the molecule is CN1c2ccccc2N(c2c(-c3ccccc3)c(-c3ccccc3)c(-c3nc4ccccc4n3C)c(N3c4ccccc4N(C)c4ccccc43)c2N2c3ccccc3N(C)c3ccccc32)c2ccccc21. The van der Waals surface area contributed by atoms with Crippen molar-refractivity contribution in [2.75, 3.05) is 50.5 Å². The maximum atomic E-state index is 5.78. The van der Waals surface area contributed by atoms with Crippen LogP contribution in [0.25, 0.3) is 44.7 Å². The zero-order valence-electron chi connectivity index (χ0n) is 41.0. The van der Waals surface area contributed by atoms with Crippen LogP contribution in [0.3, 0.4) is 0 Å². The van der Waals surface area contributed by atoms with Crippen molar-refractivity contribution >= 4 is 96.3 Å². The van der Waals surface area contributed by atoms with Crippen LogP contribution in [-0.2, 0) is 7.05 Å². The normalized spacial score (nSPS) is 13.3. The molecule has 1 aromatic heterocycles. The number of nitrogens with zero attached hydrogens (tertiary/aromatic N) is 8. The van der Waals surface area contributed by atoms with Gasteiger partial charge in [0.25, 0.3) is 0 Å². The number of imidazole rings is 1. The highest BCUT2D eigenvalue weighted by atomic mass is 15.3. The third kappa shape index (κ3) is 6.23. The van der Waals surface area contributed by atoms with Crippen molar-refractivity contribution in [3.63, 3.8) is 0 Å². The molecule has 0 amide bonds. The fourth-order valence-corrected chi connectivity index (χ4v) is 11.8. The minimum Gasteiger partial charge on any atom is -0.341 e. The number of fused-ring (bicyclic) bond motifs is 7. The van der Waals surface area contributed by atoms with Crippen molar-refractivity contribution in [1.82, 2.24) is 9.55 Å². The molecule has 0 saturated heterocycles. The molecular weight excluding hydrogens is 893 g/mol. The molecule has 8 heteroatoms. The van der Waals surface area contributed by atoms with E-state index in [2.05, 4.69) is 293 Å². The van der Waals surface area contributed by atoms with Crippen LogP contribution in [0.15, 0.2) is 231 Å². The van der Waals surface area contributed by atoms with E-state index in [1.165, 1.54) is 0 Å². The van der Waals surface area contributed by atoms with Gasteiger partial charge in [-0.05, 0) is 96.1 Å². The summed E-state index contributed by atoms with van der Waals surface area (Å²) in [4.78, 5) is 20.5. The zero-order valence-corrected chi connectivity index (χ0v) is 41.0. The van der Waals surface area contributed by atoms with Crippen LogP contribution in [0.4, 0.5) is 85.3 Å². The maximum Gasteiger partial charge on any atom is 0.143 e. The number of aryl methyl sites for hydroxylation is 1. The first kappa shape index (κ1) is 42.4. The lowest BCUT2D eigenvalue weighted by molar-refractivity contribution is 0.958. The van der Waals surface area contributed by atoms with Crippen LogP contribution in [0.5, 0.6) is 0 Å². The molecule has 11 aromatic rings. The smallest absolute Gasteiger partial charge is 0.143 e. The van der Waals surface area contributed by atoms with E-state index in [0.717, 1.165) is 130 Å². The average Bonchev–Trinajstić information content (AvgIpc) is 3.79. The lowest BCUT2D eigenvalue weighted by Gasteiger charge is -2.47. The number of anilines is 15. The first-order valence-electron chi connectivity index (χ1n) is 24.9. The number of hydrogen-bond acceptors (Lipinski definition) is 7. The fourth-order valence-electron chi connectivity index (χ4n) is 11.8. The molecule has 4 heterocycles. The molecule has 73 heavy (non-hydrogen) atoms. The monoisotopic (exact) mass is 942 g/mol. The quantitative estimate of drug-likeness (QED) is 0.164. The molecule has 0 unspecified atom stereocenters. The van der Waals surface area contributed by atoms with Gasteiger partial charge >= 0.3 is 0 Å².